The Bertz CT molecular complexity index is 1620. The molecule has 2 unspecified atom stereocenters. The molecule has 1 aliphatic carbocycles. The molecule has 0 bridgehead atoms. The molecule has 4 aromatic rings. The summed E-state index contributed by atoms with van der Waals surface area (Å²) in [6, 6.07) is 14.0. The first kappa shape index (κ1) is 30.6. The molecule has 8 nitrogen and oxygen atoms in total. The molecule has 0 saturated heterocycles. The van der Waals surface area contributed by atoms with E-state index in [1.807, 2.05) is 44.2 Å². The number of halogens is 3. The van der Waals surface area contributed by atoms with Crippen LogP contribution in [0.4, 0.5) is 24.8 Å². The lowest BCUT2D eigenvalue weighted by Crippen LogP contribution is -2.44. The number of anilines is 2. The lowest BCUT2D eigenvalue weighted by Gasteiger charge is -2.44. The minimum absolute atomic E-state index is 0.204. The van der Waals surface area contributed by atoms with Gasteiger partial charge >= 0.3 is 12.1 Å². The van der Waals surface area contributed by atoms with Gasteiger partial charge in [-0.1, -0.05) is 38.1 Å². The number of benzene rings is 2. The number of aliphatic carboxylic acids is 1. The van der Waals surface area contributed by atoms with E-state index in [9.17, 15) is 28.2 Å². The van der Waals surface area contributed by atoms with Gasteiger partial charge in [-0.2, -0.15) is 13.2 Å². The highest BCUT2D eigenvalue weighted by Crippen LogP contribution is 2.51. The fraction of sp³-hybridized carbons (Fsp3) is 0.355. The second-order valence-corrected chi connectivity index (χ2v) is 12.5. The van der Waals surface area contributed by atoms with Gasteiger partial charge in [0.15, 0.2) is 0 Å². The SMILES string of the molecule is COCc1ccc(-c2cc(Nc3nccc(C(F)(F)F)n3)cc(-c3cnc(C4(O)CCC(C(=O)O)C(C)(C)C4)s3)c2)cc1. The van der Waals surface area contributed by atoms with Crippen molar-refractivity contribution in [1.82, 2.24) is 15.0 Å². The lowest BCUT2D eigenvalue weighted by molar-refractivity contribution is -0.154. The van der Waals surface area contributed by atoms with Gasteiger partial charge in [0.2, 0.25) is 5.95 Å². The number of nitrogens with zero attached hydrogens (tertiary/aromatic N) is 3. The van der Waals surface area contributed by atoms with Gasteiger partial charge in [-0.05, 0) is 71.2 Å². The number of ether oxygens (including phenoxy) is 1. The summed E-state index contributed by atoms with van der Waals surface area (Å²) in [7, 11) is 1.61. The van der Waals surface area contributed by atoms with Crippen LogP contribution in [0.25, 0.3) is 21.6 Å². The van der Waals surface area contributed by atoms with Crippen LogP contribution in [0.3, 0.4) is 0 Å². The van der Waals surface area contributed by atoms with Crippen molar-refractivity contribution in [1.29, 1.82) is 0 Å². The molecule has 3 N–H and O–H groups in total. The monoisotopic (exact) mass is 612 g/mol. The molecule has 2 atom stereocenters. The van der Waals surface area contributed by atoms with Crippen LogP contribution < -0.4 is 5.32 Å². The highest BCUT2D eigenvalue weighted by molar-refractivity contribution is 7.15. The topological polar surface area (TPSA) is 117 Å². The predicted molar refractivity (Wildman–Crippen MR) is 157 cm³/mol. The molecule has 2 heterocycles. The van der Waals surface area contributed by atoms with Gasteiger partial charge < -0.3 is 20.3 Å². The Morgan fingerprint density at radius 3 is 2.47 bits per heavy atom. The van der Waals surface area contributed by atoms with Gasteiger partial charge in [-0.15, -0.1) is 11.3 Å². The summed E-state index contributed by atoms with van der Waals surface area (Å²) < 4.78 is 45.0. The van der Waals surface area contributed by atoms with Crippen LogP contribution in [0.15, 0.2) is 60.9 Å². The Morgan fingerprint density at radius 1 is 1.09 bits per heavy atom. The van der Waals surface area contributed by atoms with E-state index in [1.54, 1.807) is 25.4 Å². The number of nitrogens with one attached hydrogen (secondary N) is 1. The third kappa shape index (κ3) is 6.71. The van der Waals surface area contributed by atoms with Crippen LogP contribution in [0.5, 0.6) is 0 Å². The number of carbonyl (C=O) groups is 1. The van der Waals surface area contributed by atoms with Gasteiger partial charge in [0.1, 0.15) is 16.3 Å². The smallest absolute Gasteiger partial charge is 0.433 e. The molecule has 0 spiro atoms. The molecule has 1 aliphatic rings. The number of aromatic nitrogens is 3. The molecule has 2 aromatic carbocycles. The Morgan fingerprint density at radius 2 is 1.81 bits per heavy atom. The first-order valence-electron chi connectivity index (χ1n) is 13.6. The molecule has 5 rings (SSSR count). The third-order valence-electron chi connectivity index (χ3n) is 7.76. The molecule has 0 aliphatic heterocycles. The summed E-state index contributed by atoms with van der Waals surface area (Å²) in [6.07, 6.45) is -1.07. The van der Waals surface area contributed by atoms with Crippen molar-refractivity contribution >= 4 is 28.9 Å². The van der Waals surface area contributed by atoms with Crippen molar-refractivity contribution in [3.8, 4) is 21.6 Å². The van der Waals surface area contributed by atoms with E-state index in [0.717, 1.165) is 39.4 Å². The van der Waals surface area contributed by atoms with E-state index in [-0.39, 0.29) is 18.8 Å². The summed E-state index contributed by atoms with van der Waals surface area (Å²) in [5, 5.41) is 24.6. The van der Waals surface area contributed by atoms with E-state index in [1.165, 1.54) is 11.3 Å². The van der Waals surface area contributed by atoms with E-state index in [4.69, 9.17) is 4.74 Å². The molecule has 43 heavy (non-hydrogen) atoms. The molecule has 1 saturated carbocycles. The van der Waals surface area contributed by atoms with Crippen LogP contribution >= 0.6 is 11.3 Å². The number of aliphatic hydroxyl groups is 1. The summed E-state index contributed by atoms with van der Waals surface area (Å²) in [6.45, 7) is 4.15. The molecule has 226 valence electrons. The fourth-order valence-corrected chi connectivity index (χ4v) is 6.70. The van der Waals surface area contributed by atoms with Gasteiger partial charge in [0, 0.05) is 25.2 Å². The number of methoxy groups -OCH3 is 1. The molecule has 1 fully saturated rings. The van der Waals surface area contributed by atoms with E-state index < -0.39 is 34.8 Å². The summed E-state index contributed by atoms with van der Waals surface area (Å²) in [4.78, 5) is 24.6. The van der Waals surface area contributed by atoms with Crippen molar-refractivity contribution in [2.75, 3.05) is 12.4 Å². The van der Waals surface area contributed by atoms with Gasteiger partial charge in [0.25, 0.3) is 0 Å². The zero-order valence-corrected chi connectivity index (χ0v) is 24.6. The van der Waals surface area contributed by atoms with Crippen LogP contribution in [-0.2, 0) is 27.9 Å². The third-order valence-corrected chi connectivity index (χ3v) is 9.00. The Balaban J connectivity index is 1.52. The normalized spacial score (nSPS) is 20.1. The van der Waals surface area contributed by atoms with Crippen LogP contribution in [-0.4, -0.2) is 38.2 Å². The van der Waals surface area contributed by atoms with Crippen LogP contribution in [0, 0.1) is 11.3 Å². The minimum Gasteiger partial charge on any atom is -0.481 e. The van der Waals surface area contributed by atoms with Crippen molar-refractivity contribution in [2.24, 2.45) is 11.3 Å². The first-order chi connectivity index (χ1) is 20.3. The average molecular weight is 613 g/mol. The Labute approximate surface area is 250 Å². The molecule has 0 radical (unpaired) electrons. The second-order valence-electron chi connectivity index (χ2n) is 11.5. The van der Waals surface area contributed by atoms with Crippen LogP contribution in [0.2, 0.25) is 0 Å². The van der Waals surface area contributed by atoms with E-state index in [2.05, 4.69) is 20.3 Å². The standard InChI is InChI=1S/C31H31F3N4O4S/c1-29(2)17-30(41,10-8-23(29)26(39)40)27-36-15-24(43-27)21-12-20(19-6-4-18(5-7-19)16-42-3)13-22(14-21)37-28-35-11-9-25(38-28)31(32,33)34/h4-7,9,11-15,23,41H,8,10,16-17H2,1-3H3,(H,39,40)(H,35,37,38). The minimum atomic E-state index is -4.62. The van der Waals surface area contributed by atoms with Crippen molar-refractivity contribution in [3.63, 3.8) is 0 Å². The number of carboxylic acid groups (broad SMARTS) is 1. The zero-order valence-electron chi connectivity index (χ0n) is 23.8. The zero-order chi connectivity index (χ0) is 31.0. The first-order valence-corrected chi connectivity index (χ1v) is 14.4. The summed E-state index contributed by atoms with van der Waals surface area (Å²) in [5.74, 6) is -1.64. The van der Waals surface area contributed by atoms with Gasteiger partial charge in [-0.25, -0.2) is 15.0 Å². The molecule has 2 aromatic heterocycles. The number of carboxylic acids is 1. The Kier molecular flexibility index (Phi) is 8.30. The maximum absolute atomic E-state index is 13.3. The number of thiazole rings is 1. The van der Waals surface area contributed by atoms with Crippen molar-refractivity contribution < 1.29 is 32.9 Å². The highest BCUT2D eigenvalue weighted by atomic mass is 32.1. The number of rotatable bonds is 8. The van der Waals surface area contributed by atoms with Gasteiger partial charge in [-0.3, -0.25) is 4.79 Å². The number of hydrogen-bond acceptors (Lipinski definition) is 8. The molecular formula is C31H31F3N4O4S. The number of alkyl halides is 3. The summed E-state index contributed by atoms with van der Waals surface area (Å²) in [5.41, 5.74) is 0.847. The molecule has 12 heteroatoms. The number of hydrogen-bond donors (Lipinski definition) is 3. The largest absolute Gasteiger partial charge is 0.481 e. The quantitative estimate of drug-likeness (QED) is 0.190. The highest BCUT2D eigenvalue weighted by Gasteiger charge is 2.49. The second kappa shape index (κ2) is 11.7. The average Bonchev–Trinajstić information content (AvgIpc) is 3.44. The predicted octanol–water partition coefficient (Wildman–Crippen LogP) is 7.27. The van der Waals surface area contributed by atoms with Crippen molar-refractivity contribution in [2.45, 2.75) is 51.5 Å². The maximum atomic E-state index is 13.3. The Hall–Kier alpha value is -3.87. The fourth-order valence-electron chi connectivity index (χ4n) is 5.68. The van der Waals surface area contributed by atoms with E-state index >= 15 is 0 Å². The lowest BCUT2D eigenvalue weighted by atomic mass is 9.63. The molecule has 0 amide bonds. The molecular weight excluding hydrogens is 581 g/mol. The van der Waals surface area contributed by atoms with Gasteiger partial charge in [0.05, 0.1) is 17.4 Å². The van der Waals surface area contributed by atoms with Crippen LogP contribution in [0.1, 0.15) is 49.4 Å². The maximum Gasteiger partial charge on any atom is 0.433 e. The summed E-state index contributed by atoms with van der Waals surface area (Å²) >= 11 is 1.30. The van der Waals surface area contributed by atoms with E-state index in [0.29, 0.717) is 23.7 Å². The van der Waals surface area contributed by atoms with Crippen molar-refractivity contribution in [3.05, 3.63) is 77.2 Å².